The Kier molecular flexibility index (Phi) is 9.53. The van der Waals surface area contributed by atoms with Gasteiger partial charge >= 0.3 is 5.97 Å². The summed E-state index contributed by atoms with van der Waals surface area (Å²) >= 11 is 7.39. The molecule has 0 saturated heterocycles. The summed E-state index contributed by atoms with van der Waals surface area (Å²) < 4.78 is 25.7. The van der Waals surface area contributed by atoms with Gasteiger partial charge in [-0.15, -0.1) is 21.5 Å². The standard InChI is InChI=1S/C25H26ClFN2O4S/c1-3-33-23(31)10-5-4-9-19(30)15-22-29-28-21(34-22)14-17-11-12-20(32-2)24(25(17)27)16-7-6-8-18(26)13-16/h6-8,11-13H,3-5,9-10,14-15H2,1-2H3. The average molecular weight is 505 g/mol. The number of Topliss-reactive ketones (excluding diaryl/α,β-unsaturated/α-hetero) is 1. The van der Waals surface area contributed by atoms with E-state index in [1.807, 2.05) is 0 Å². The molecule has 6 nitrogen and oxygen atoms in total. The maximum atomic E-state index is 15.5. The number of carbonyl (C=O) groups excluding carboxylic acids is 2. The Morgan fingerprint density at radius 1 is 1.09 bits per heavy atom. The van der Waals surface area contributed by atoms with Gasteiger partial charge in [-0.1, -0.05) is 29.8 Å². The number of benzene rings is 2. The van der Waals surface area contributed by atoms with E-state index >= 15 is 4.39 Å². The number of unbranched alkanes of at least 4 members (excludes halogenated alkanes) is 1. The maximum Gasteiger partial charge on any atom is 0.305 e. The van der Waals surface area contributed by atoms with Gasteiger partial charge in [-0.05, 0) is 49.1 Å². The quantitative estimate of drug-likeness (QED) is 0.228. The number of esters is 1. The van der Waals surface area contributed by atoms with Crippen molar-refractivity contribution in [1.29, 1.82) is 0 Å². The Balaban J connectivity index is 1.63. The number of nitrogens with zero attached hydrogens (tertiary/aromatic N) is 2. The van der Waals surface area contributed by atoms with E-state index in [9.17, 15) is 9.59 Å². The number of methoxy groups -OCH3 is 1. The molecular formula is C25H26ClFN2O4S. The predicted octanol–water partition coefficient (Wildman–Crippen LogP) is 5.83. The van der Waals surface area contributed by atoms with Gasteiger partial charge in [0.15, 0.2) is 0 Å². The lowest BCUT2D eigenvalue weighted by Crippen LogP contribution is -2.05. The number of ketones is 1. The first-order valence-electron chi connectivity index (χ1n) is 11.0. The number of carbonyl (C=O) groups is 2. The highest BCUT2D eigenvalue weighted by atomic mass is 35.5. The Hall–Kier alpha value is -2.84. The normalized spacial score (nSPS) is 10.8. The van der Waals surface area contributed by atoms with Crippen LogP contribution in [0.5, 0.6) is 5.75 Å². The monoisotopic (exact) mass is 504 g/mol. The molecule has 34 heavy (non-hydrogen) atoms. The van der Waals surface area contributed by atoms with Gasteiger partial charge < -0.3 is 9.47 Å². The van der Waals surface area contributed by atoms with Crippen LogP contribution < -0.4 is 4.74 Å². The predicted molar refractivity (Wildman–Crippen MR) is 130 cm³/mol. The van der Waals surface area contributed by atoms with Gasteiger partial charge in [0.05, 0.1) is 25.7 Å². The SMILES string of the molecule is CCOC(=O)CCCCC(=O)Cc1nnc(Cc2ccc(OC)c(-c3cccc(Cl)c3)c2F)s1. The molecule has 0 aliphatic carbocycles. The molecule has 0 aliphatic rings. The van der Waals surface area contributed by atoms with Crippen molar-refractivity contribution in [3.63, 3.8) is 0 Å². The van der Waals surface area contributed by atoms with Crippen LogP contribution in [0.3, 0.4) is 0 Å². The topological polar surface area (TPSA) is 78.4 Å². The summed E-state index contributed by atoms with van der Waals surface area (Å²) in [5.41, 5.74) is 1.41. The molecule has 0 saturated carbocycles. The summed E-state index contributed by atoms with van der Waals surface area (Å²) in [6.45, 7) is 2.12. The third-order valence-corrected chi connectivity index (χ3v) is 6.27. The van der Waals surface area contributed by atoms with E-state index < -0.39 is 5.82 Å². The summed E-state index contributed by atoms with van der Waals surface area (Å²) in [7, 11) is 1.49. The minimum Gasteiger partial charge on any atom is -0.496 e. The van der Waals surface area contributed by atoms with Crippen LogP contribution in [0.25, 0.3) is 11.1 Å². The van der Waals surface area contributed by atoms with E-state index in [0.29, 0.717) is 69.8 Å². The highest BCUT2D eigenvalue weighted by Gasteiger charge is 2.18. The molecule has 0 unspecified atom stereocenters. The first kappa shape index (κ1) is 25.8. The zero-order valence-corrected chi connectivity index (χ0v) is 20.7. The molecular weight excluding hydrogens is 479 g/mol. The van der Waals surface area contributed by atoms with Crippen molar-refractivity contribution in [1.82, 2.24) is 10.2 Å². The lowest BCUT2D eigenvalue weighted by molar-refractivity contribution is -0.143. The van der Waals surface area contributed by atoms with Crippen molar-refractivity contribution in [2.24, 2.45) is 0 Å². The molecule has 3 aromatic rings. The molecule has 0 aliphatic heterocycles. The second-order valence-corrected chi connectivity index (χ2v) is 9.20. The largest absolute Gasteiger partial charge is 0.496 e. The third kappa shape index (κ3) is 7.08. The number of hydrogen-bond acceptors (Lipinski definition) is 7. The summed E-state index contributed by atoms with van der Waals surface area (Å²) in [5.74, 6) is -0.204. The van der Waals surface area contributed by atoms with Crippen LogP contribution in [-0.4, -0.2) is 35.7 Å². The Morgan fingerprint density at radius 2 is 1.85 bits per heavy atom. The third-order valence-electron chi connectivity index (χ3n) is 5.11. The molecule has 0 spiro atoms. The molecule has 1 aromatic heterocycles. The zero-order chi connectivity index (χ0) is 24.5. The Morgan fingerprint density at radius 3 is 2.59 bits per heavy atom. The summed E-state index contributed by atoms with van der Waals surface area (Å²) in [6.07, 6.45) is 2.33. The van der Waals surface area contributed by atoms with Crippen LogP contribution >= 0.6 is 22.9 Å². The number of hydrogen-bond donors (Lipinski definition) is 0. The molecule has 0 N–H and O–H groups in total. The fourth-order valence-corrected chi connectivity index (χ4v) is 4.58. The number of halogens is 2. The van der Waals surface area contributed by atoms with Crippen molar-refractivity contribution >= 4 is 34.7 Å². The molecule has 3 rings (SSSR count). The smallest absolute Gasteiger partial charge is 0.305 e. The van der Waals surface area contributed by atoms with E-state index in [-0.39, 0.29) is 24.6 Å². The van der Waals surface area contributed by atoms with Crippen LogP contribution in [-0.2, 0) is 27.2 Å². The van der Waals surface area contributed by atoms with Crippen LogP contribution in [0.4, 0.5) is 4.39 Å². The highest BCUT2D eigenvalue weighted by molar-refractivity contribution is 7.11. The van der Waals surface area contributed by atoms with Crippen molar-refractivity contribution < 1.29 is 23.5 Å². The summed E-state index contributed by atoms with van der Waals surface area (Å²) in [6, 6.07) is 10.3. The molecule has 0 radical (unpaired) electrons. The second-order valence-electron chi connectivity index (χ2n) is 7.62. The first-order chi connectivity index (χ1) is 16.4. The van der Waals surface area contributed by atoms with Crippen LogP contribution in [0.15, 0.2) is 36.4 Å². The van der Waals surface area contributed by atoms with E-state index in [2.05, 4.69) is 10.2 Å². The second kappa shape index (κ2) is 12.6. The Labute approximate surface area is 207 Å². The summed E-state index contributed by atoms with van der Waals surface area (Å²) in [4.78, 5) is 23.6. The molecule has 0 fully saturated rings. The molecule has 1 heterocycles. The summed E-state index contributed by atoms with van der Waals surface area (Å²) in [5, 5.41) is 9.95. The van der Waals surface area contributed by atoms with E-state index in [1.54, 1.807) is 43.3 Å². The lowest BCUT2D eigenvalue weighted by Gasteiger charge is -2.13. The van der Waals surface area contributed by atoms with Gasteiger partial charge in [-0.3, -0.25) is 9.59 Å². The molecule has 2 aromatic carbocycles. The fourth-order valence-electron chi connectivity index (χ4n) is 3.50. The maximum absolute atomic E-state index is 15.5. The van der Waals surface area contributed by atoms with Gasteiger partial charge in [0, 0.05) is 24.3 Å². The van der Waals surface area contributed by atoms with Crippen LogP contribution in [0.1, 0.15) is 48.2 Å². The minimum absolute atomic E-state index is 0.0328. The lowest BCUT2D eigenvalue weighted by atomic mass is 9.99. The fraction of sp³-hybridized carbons (Fsp3) is 0.360. The highest BCUT2D eigenvalue weighted by Crippen LogP contribution is 2.36. The number of rotatable bonds is 12. The van der Waals surface area contributed by atoms with Gasteiger partial charge in [0.2, 0.25) is 0 Å². The van der Waals surface area contributed by atoms with Gasteiger partial charge in [0.25, 0.3) is 0 Å². The molecule has 180 valence electrons. The van der Waals surface area contributed by atoms with Gasteiger partial charge in [0.1, 0.15) is 27.4 Å². The van der Waals surface area contributed by atoms with Crippen molar-refractivity contribution in [3.05, 3.63) is 62.8 Å². The first-order valence-corrected chi connectivity index (χ1v) is 12.2. The Bertz CT molecular complexity index is 1150. The molecule has 0 bridgehead atoms. The number of aromatic nitrogens is 2. The average Bonchev–Trinajstić information content (AvgIpc) is 3.24. The van der Waals surface area contributed by atoms with Crippen LogP contribution in [0, 0.1) is 5.82 Å². The van der Waals surface area contributed by atoms with E-state index in [0.717, 1.165) is 0 Å². The molecule has 9 heteroatoms. The number of ether oxygens (including phenoxy) is 2. The molecule has 0 amide bonds. The van der Waals surface area contributed by atoms with Crippen molar-refractivity contribution in [2.75, 3.05) is 13.7 Å². The van der Waals surface area contributed by atoms with Gasteiger partial charge in [-0.2, -0.15) is 0 Å². The van der Waals surface area contributed by atoms with Crippen LogP contribution in [0.2, 0.25) is 5.02 Å². The van der Waals surface area contributed by atoms with E-state index in [4.69, 9.17) is 21.1 Å². The van der Waals surface area contributed by atoms with Crippen molar-refractivity contribution in [3.8, 4) is 16.9 Å². The zero-order valence-electron chi connectivity index (χ0n) is 19.1. The van der Waals surface area contributed by atoms with E-state index in [1.165, 1.54) is 18.4 Å². The molecule has 0 atom stereocenters. The minimum atomic E-state index is -0.406. The van der Waals surface area contributed by atoms with Gasteiger partial charge in [-0.25, -0.2) is 4.39 Å². The van der Waals surface area contributed by atoms with Crippen molar-refractivity contribution in [2.45, 2.75) is 45.4 Å².